The van der Waals surface area contributed by atoms with Crippen LogP contribution >= 0.6 is 0 Å². The van der Waals surface area contributed by atoms with Crippen molar-refractivity contribution in [2.24, 2.45) is 0 Å². The summed E-state index contributed by atoms with van der Waals surface area (Å²) in [5.41, 5.74) is 2.40. The topological polar surface area (TPSA) is 136 Å². The van der Waals surface area contributed by atoms with E-state index in [1.54, 1.807) is 42.9 Å². The van der Waals surface area contributed by atoms with E-state index in [-0.39, 0.29) is 35.9 Å². The van der Waals surface area contributed by atoms with Gasteiger partial charge in [-0.2, -0.15) is 0 Å². The molecule has 49 heavy (non-hydrogen) atoms. The average Bonchev–Trinajstić information content (AvgIpc) is 3.69. The molecule has 0 aliphatic carbocycles. The van der Waals surface area contributed by atoms with Crippen LogP contribution in [0.3, 0.4) is 0 Å². The first-order chi connectivity index (χ1) is 23.8. The lowest BCUT2D eigenvalue weighted by Gasteiger charge is -2.53. The van der Waals surface area contributed by atoms with E-state index in [4.69, 9.17) is 18.6 Å². The first-order valence-electron chi connectivity index (χ1n) is 15.8. The van der Waals surface area contributed by atoms with Crippen LogP contribution in [0.15, 0.2) is 65.5 Å². The van der Waals surface area contributed by atoms with Crippen molar-refractivity contribution in [1.82, 2.24) is 19.9 Å². The number of fused-ring (bicyclic) bond motifs is 3. The molecule has 0 saturated carbocycles. The fourth-order valence-corrected chi connectivity index (χ4v) is 6.68. The van der Waals surface area contributed by atoms with E-state index in [0.717, 1.165) is 5.56 Å². The summed E-state index contributed by atoms with van der Waals surface area (Å²) in [4.78, 5) is 33.1. The molecular weight excluding hydrogens is 638 g/mol. The van der Waals surface area contributed by atoms with Crippen molar-refractivity contribution in [2.45, 2.75) is 43.6 Å². The summed E-state index contributed by atoms with van der Waals surface area (Å²) >= 11 is 0. The second-order valence-corrected chi connectivity index (χ2v) is 12.3. The number of anilines is 2. The van der Waals surface area contributed by atoms with Crippen LogP contribution in [0.5, 0.6) is 5.88 Å². The predicted octanol–water partition coefficient (Wildman–Crippen LogP) is 4.61. The molecule has 3 fully saturated rings. The zero-order chi connectivity index (χ0) is 33.7. The number of aromatic nitrogens is 4. The normalized spacial score (nSPS) is 21.6. The molecule has 1 spiro atoms. The van der Waals surface area contributed by atoms with Crippen molar-refractivity contribution in [3.8, 4) is 17.7 Å². The number of aliphatic carboxylic acids is 1. The lowest BCUT2D eigenvalue weighted by atomic mass is 9.90. The number of halogens is 2. The Kier molecular flexibility index (Phi) is 7.73. The van der Waals surface area contributed by atoms with Gasteiger partial charge in [0.05, 0.1) is 32.4 Å². The Morgan fingerprint density at radius 2 is 1.90 bits per heavy atom. The number of carbonyl (C=O) groups is 1. The van der Waals surface area contributed by atoms with Crippen molar-refractivity contribution in [3.05, 3.63) is 78.0 Å². The third kappa shape index (κ3) is 5.54. The van der Waals surface area contributed by atoms with Crippen LogP contribution in [0.4, 0.5) is 20.3 Å². The molecule has 0 radical (unpaired) electrons. The Bertz CT molecular complexity index is 2110. The number of pyridine rings is 2. The Balaban J connectivity index is 1.16. The van der Waals surface area contributed by atoms with E-state index in [0.29, 0.717) is 54.5 Å². The third-order valence-corrected chi connectivity index (χ3v) is 9.33. The van der Waals surface area contributed by atoms with Gasteiger partial charge in [-0.1, -0.05) is 24.0 Å². The SMILES string of the molecule is C[C@@H]1N(c2cc(C#Cc3ccncc3)cnc2O[C@H]2C[C@@H](C(=O)O)N(c3nc(C(F)F)nc4c3oc3ccccc34)C2)CCOC12COC2. The van der Waals surface area contributed by atoms with Crippen molar-refractivity contribution >= 4 is 39.5 Å². The molecular formula is C35H30F2N6O6. The first kappa shape index (κ1) is 30.9. The van der Waals surface area contributed by atoms with Gasteiger partial charge in [-0.05, 0) is 37.3 Å². The number of carboxylic acids is 1. The number of rotatable bonds is 6. The molecule has 5 aromatic rings. The van der Waals surface area contributed by atoms with Gasteiger partial charge in [0.2, 0.25) is 5.88 Å². The standard InChI is InChI=1S/C35H30F2N6O6/c1-20-35(18-46-19-35)47-13-12-42(20)25-14-22(7-6-21-8-10-38-11-9-21)16-39-33(25)48-23-15-26(34(44)45)43(17-23)32-29-28(40-31(41-32)30(36)37)24-4-2-3-5-27(24)49-29/h2-5,8-11,14,16,20,23,26,30H,12-13,15,17-19H2,1H3,(H,44,45)/t20-,23-,26-/m0/s1. The number of para-hydroxylation sites is 1. The molecule has 0 unspecified atom stereocenters. The van der Waals surface area contributed by atoms with Crippen LogP contribution in [0.2, 0.25) is 0 Å². The number of furan rings is 1. The Morgan fingerprint density at radius 1 is 1.10 bits per heavy atom. The van der Waals surface area contributed by atoms with Gasteiger partial charge in [-0.25, -0.2) is 28.5 Å². The number of ether oxygens (including phenoxy) is 3. The molecule has 3 aliphatic rings. The number of carboxylic acid groups (broad SMARTS) is 1. The van der Waals surface area contributed by atoms with E-state index < -0.39 is 36.0 Å². The molecule has 8 rings (SSSR count). The number of hydrogen-bond acceptors (Lipinski definition) is 11. The van der Waals surface area contributed by atoms with Crippen LogP contribution in [0.25, 0.3) is 22.1 Å². The maximum absolute atomic E-state index is 14.1. The summed E-state index contributed by atoms with van der Waals surface area (Å²) in [6.07, 6.45) is 1.31. The van der Waals surface area contributed by atoms with Gasteiger partial charge in [-0.3, -0.25) is 4.98 Å². The van der Waals surface area contributed by atoms with Gasteiger partial charge in [0.1, 0.15) is 34.5 Å². The van der Waals surface area contributed by atoms with E-state index >= 15 is 0 Å². The molecule has 0 bridgehead atoms. The van der Waals surface area contributed by atoms with E-state index in [1.165, 1.54) is 4.90 Å². The van der Waals surface area contributed by atoms with Crippen molar-refractivity contribution < 1.29 is 37.3 Å². The highest BCUT2D eigenvalue weighted by molar-refractivity contribution is 6.06. The fraction of sp³-hybridized carbons (Fsp3) is 0.343. The summed E-state index contributed by atoms with van der Waals surface area (Å²) in [5.74, 6) is 4.69. The van der Waals surface area contributed by atoms with Crippen LogP contribution in [0.1, 0.15) is 36.7 Å². The molecule has 3 saturated heterocycles. The highest BCUT2D eigenvalue weighted by Crippen LogP contribution is 2.41. The maximum atomic E-state index is 14.1. The molecule has 12 nitrogen and oxygen atoms in total. The second kappa shape index (κ2) is 12.2. The van der Waals surface area contributed by atoms with Crippen LogP contribution in [-0.2, 0) is 14.3 Å². The number of hydrogen-bond donors (Lipinski definition) is 1. The summed E-state index contributed by atoms with van der Waals surface area (Å²) in [7, 11) is 0. The quantitative estimate of drug-likeness (QED) is 0.253. The monoisotopic (exact) mass is 668 g/mol. The van der Waals surface area contributed by atoms with Crippen molar-refractivity contribution in [1.29, 1.82) is 0 Å². The number of benzene rings is 1. The van der Waals surface area contributed by atoms with E-state index in [9.17, 15) is 18.7 Å². The third-order valence-electron chi connectivity index (χ3n) is 9.33. The highest BCUT2D eigenvalue weighted by Gasteiger charge is 2.50. The molecule has 3 atom stereocenters. The number of alkyl halides is 2. The molecule has 1 aromatic carbocycles. The second-order valence-electron chi connectivity index (χ2n) is 12.3. The summed E-state index contributed by atoms with van der Waals surface area (Å²) in [6.45, 7) is 4.02. The number of morpholine rings is 1. The zero-order valence-corrected chi connectivity index (χ0v) is 26.3. The molecule has 4 aromatic heterocycles. The number of nitrogens with zero attached hydrogens (tertiary/aromatic N) is 6. The zero-order valence-electron chi connectivity index (χ0n) is 26.3. The van der Waals surface area contributed by atoms with Crippen LogP contribution in [0, 0.1) is 11.8 Å². The van der Waals surface area contributed by atoms with Gasteiger partial charge in [0, 0.05) is 48.1 Å². The van der Waals surface area contributed by atoms with E-state index in [2.05, 4.69) is 43.6 Å². The molecule has 7 heterocycles. The van der Waals surface area contributed by atoms with Gasteiger partial charge in [0.25, 0.3) is 6.43 Å². The minimum atomic E-state index is -2.98. The summed E-state index contributed by atoms with van der Waals surface area (Å²) < 4.78 is 52.3. The smallest absolute Gasteiger partial charge is 0.326 e. The van der Waals surface area contributed by atoms with Gasteiger partial charge in [0.15, 0.2) is 17.2 Å². The van der Waals surface area contributed by atoms with Gasteiger partial charge < -0.3 is 33.5 Å². The lowest BCUT2D eigenvalue weighted by Crippen LogP contribution is -2.68. The maximum Gasteiger partial charge on any atom is 0.326 e. The fourth-order valence-electron chi connectivity index (χ4n) is 6.68. The first-order valence-corrected chi connectivity index (χ1v) is 15.8. The molecule has 0 amide bonds. The molecule has 250 valence electrons. The molecule has 14 heteroatoms. The van der Waals surface area contributed by atoms with Crippen LogP contribution < -0.4 is 14.5 Å². The minimum absolute atomic E-state index is 0.0178. The van der Waals surface area contributed by atoms with Gasteiger partial charge in [-0.15, -0.1) is 0 Å². The minimum Gasteiger partial charge on any atom is -0.480 e. The predicted molar refractivity (Wildman–Crippen MR) is 173 cm³/mol. The Morgan fingerprint density at radius 3 is 2.65 bits per heavy atom. The largest absolute Gasteiger partial charge is 0.480 e. The highest BCUT2D eigenvalue weighted by atomic mass is 19.3. The average molecular weight is 669 g/mol. The van der Waals surface area contributed by atoms with E-state index in [1.807, 2.05) is 18.2 Å². The Hall–Kier alpha value is -5.39. The van der Waals surface area contributed by atoms with Crippen molar-refractivity contribution in [3.63, 3.8) is 0 Å². The summed E-state index contributed by atoms with van der Waals surface area (Å²) in [5, 5.41) is 10.8. The van der Waals surface area contributed by atoms with Crippen LogP contribution in [-0.4, -0.2) is 87.7 Å². The van der Waals surface area contributed by atoms with Crippen molar-refractivity contribution in [2.75, 3.05) is 42.7 Å². The summed E-state index contributed by atoms with van der Waals surface area (Å²) in [6, 6.07) is 11.2. The lowest BCUT2D eigenvalue weighted by molar-refractivity contribution is -0.228. The molecule has 3 aliphatic heterocycles. The van der Waals surface area contributed by atoms with Gasteiger partial charge >= 0.3 is 5.97 Å². The Labute approximate surface area is 278 Å². The molecule has 1 N–H and O–H groups in total.